The zero-order valence-corrected chi connectivity index (χ0v) is 17.3. The van der Waals surface area contributed by atoms with E-state index in [0.717, 1.165) is 5.56 Å². The second-order valence-corrected chi connectivity index (χ2v) is 12.4. The molecule has 0 spiro atoms. The van der Waals surface area contributed by atoms with E-state index in [-0.39, 0.29) is 12.0 Å². The van der Waals surface area contributed by atoms with Crippen LogP contribution in [0.5, 0.6) is 5.75 Å². The van der Waals surface area contributed by atoms with Gasteiger partial charge in [0.15, 0.2) is 0 Å². The number of carbonyl (C=O) groups excluding carboxylic acids is 1. The fourth-order valence-electron chi connectivity index (χ4n) is 2.10. The molecule has 2 unspecified atom stereocenters. The van der Waals surface area contributed by atoms with Crippen LogP contribution in [-0.4, -0.2) is 31.6 Å². The normalized spacial score (nSPS) is 21.6. The van der Waals surface area contributed by atoms with Crippen LogP contribution in [0, 0.1) is 12.3 Å². The molecule has 1 aromatic carbocycles. The monoisotopic (exact) mass is 394 g/mol. The van der Waals surface area contributed by atoms with Crippen LogP contribution in [0.4, 0.5) is 0 Å². The molecule has 1 aliphatic heterocycles. The van der Waals surface area contributed by atoms with E-state index in [2.05, 4.69) is 22.8 Å². The number of halogens is 1. The summed E-state index contributed by atoms with van der Waals surface area (Å²) in [6.45, 7) is 8.82. The van der Waals surface area contributed by atoms with Gasteiger partial charge in [-0.2, -0.15) is 0 Å². The molecule has 1 fully saturated rings. The molecule has 0 saturated carbocycles. The van der Waals surface area contributed by atoms with E-state index in [1.807, 2.05) is 6.92 Å². The number of hydrogen-bond donors (Lipinski definition) is 0. The van der Waals surface area contributed by atoms with Gasteiger partial charge in [-0.25, -0.2) is 0 Å². The van der Waals surface area contributed by atoms with Gasteiger partial charge in [-0.3, -0.25) is 0 Å². The summed E-state index contributed by atoms with van der Waals surface area (Å²) in [5, 5.41) is 0.656. The minimum absolute atomic E-state index is 0.0215. The Morgan fingerprint density at radius 3 is 2.62 bits per heavy atom. The van der Waals surface area contributed by atoms with Crippen LogP contribution in [0.25, 0.3) is 0 Å². The Hall–Kier alpha value is -0.440. The molecule has 1 aromatic rings. The van der Waals surface area contributed by atoms with E-state index in [1.165, 1.54) is 0 Å². The van der Waals surface area contributed by atoms with Crippen molar-refractivity contribution in [3.63, 3.8) is 0 Å². The molecule has 1 heterocycles. The van der Waals surface area contributed by atoms with Gasteiger partial charge < -0.3 is 0 Å². The van der Waals surface area contributed by atoms with Crippen molar-refractivity contribution in [2.45, 2.75) is 33.5 Å². The predicted molar refractivity (Wildman–Crippen MR) is 101 cm³/mol. The standard InChI is InChI=1S/C16H25ClO5P2/c1-11-7-13(5-6-14(11)17)19-8-15(18)22-12(2)24(23)20-9-16(3,4)10-21-24/h5-7,12,24H,8-10,23H2,1-4H3. The van der Waals surface area contributed by atoms with E-state index >= 15 is 0 Å². The first-order valence-electron chi connectivity index (χ1n) is 7.76. The predicted octanol–water partition coefficient (Wildman–Crippen LogP) is 4.36. The van der Waals surface area contributed by atoms with Crippen LogP contribution in [-0.2, 0) is 18.6 Å². The molecule has 0 amide bonds. The Morgan fingerprint density at radius 2 is 2.04 bits per heavy atom. The van der Waals surface area contributed by atoms with Gasteiger partial charge in [-0.15, -0.1) is 0 Å². The van der Waals surface area contributed by atoms with E-state index < -0.39 is 19.2 Å². The van der Waals surface area contributed by atoms with Gasteiger partial charge in [-0.05, 0) is 0 Å². The van der Waals surface area contributed by atoms with Crippen LogP contribution in [0.2, 0.25) is 5.02 Å². The molecule has 0 aliphatic carbocycles. The first-order chi connectivity index (χ1) is 11.1. The summed E-state index contributed by atoms with van der Waals surface area (Å²) in [4.78, 5) is 12.0. The summed E-state index contributed by atoms with van der Waals surface area (Å²) in [6.07, 6.45) is 0. The zero-order chi connectivity index (χ0) is 18.0. The Labute approximate surface area is 150 Å². The Morgan fingerprint density at radius 1 is 1.42 bits per heavy atom. The fourth-order valence-corrected chi connectivity index (χ4v) is 5.00. The summed E-state index contributed by atoms with van der Waals surface area (Å²) in [6, 6.07) is 5.23. The van der Waals surface area contributed by atoms with Crippen molar-refractivity contribution < 1.29 is 23.3 Å². The maximum absolute atomic E-state index is 12.0. The Kier molecular flexibility index (Phi) is 6.50. The van der Waals surface area contributed by atoms with Gasteiger partial charge in [0.05, 0.1) is 0 Å². The van der Waals surface area contributed by atoms with Crippen molar-refractivity contribution in [3.8, 4) is 5.75 Å². The molecule has 0 aromatic heterocycles. The number of rotatable bonds is 5. The second kappa shape index (κ2) is 7.85. The molecular formula is C16H25ClO5P2. The third-order valence-corrected chi connectivity index (χ3v) is 9.01. The maximum atomic E-state index is 12.0. The molecule has 2 rings (SSSR count). The van der Waals surface area contributed by atoms with Crippen LogP contribution in [0.1, 0.15) is 26.3 Å². The average Bonchev–Trinajstić information content (AvgIpc) is 2.51. The van der Waals surface area contributed by atoms with Crippen LogP contribution < -0.4 is 4.74 Å². The molecule has 1 saturated heterocycles. The van der Waals surface area contributed by atoms with Crippen LogP contribution in [0.3, 0.4) is 0 Å². The first kappa shape index (κ1) is 19.9. The molecule has 5 nitrogen and oxygen atoms in total. The number of aryl methyl sites for hydroxylation is 1. The topological polar surface area (TPSA) is 54.0 Å². The molecular weight excluding hydrogens is 370 g/mol. The zero-order valence-electron chi connectivity index (χ0n) is 14.4. The first-order valence-corrected chi connectivity index (χ1v) is 11.8. The Balaban J connectivity index is 1.84. The van der Waals surface area contributed by atoms with Crippen molar-refractivity contribution in [3.05, 3.63) is 28.8 Å². The second-order valence-electron chi connectivity index (χ2n) is 6.79. The minimum atomic E-state index is -2.62. The van der Waals surface area contributed by atoms with E-state index in [9.17, 15) is 4.79 Å². The number of esters is 1. The summed E-state index contributed by atoms with van der Waals surface area (Å²) < 4.78 is 22.7. The quantitative estimate of drug-likeness (QED) is 0.548. The number of carbonyl (C=O) groups is 1. The number of hydrogen-bond acceptors (Lipinski definition) is 5. The molecule has 136 valence electrons. The molecule has 24 heavy (non-hydrogen) atoms. The SMILES string of the molecule is Cc1cc(OCC(=O)OC(C)[PH]2(P)OCC(C)(C)CO2)ccc1Cl. The van der Waals surface area contributed by atoms with Crippen molar-refractivity contribution >= 4 is 33.9 Å². The van der Waals surface area contributed by atoms with Crippen molar-refractivity contribution in [2.24, 2.45) is 5.41 Å². The van der Waals surface area contributed by atoms with E-state index in [1.54, 1.807) is 25.1 Å². The molecule has 2 atom stereocenters. The van der Waals surface area contributed by atoms with Crippen LogP contribution in [0.15, 0.2) is 18.2 Å². The number of ether oxygens (including phenoxy) is 2. The van der Waals surface area contributed by atoms with Crippen LogP contribution >= 0.6 is 27.9 Å². The van der Waals surface area contributed by atoms with Gasteiger partial charge in [0.25, 0.3) is 0 Å². The van der Waals surface area contributed by atoms with Crippen molar-refractivity contribution in [1.29, 1.82) is 0 Å². The van der Waals surface area contributed by atoms with Gasteiger partial charge in [0.2, 0.25) is 0 Å². The van der Waals surface area contributed by atoms with E-state index in [4.69, 9.17) is 30.1 Å². The fraction of sp³-hybridized carbons (Fsp3) is 0.562. The molecule has 0 N–H and O–H groups in total. The molecule has 1 aliphatic rings. The molecule has 8 heteroatoms. The summed E-state index contributed by atoms with van der Waals surface area (Å²) in [7, 11) is 0.0141. The summed E-state index contributed by atoms with van der Waals surface area (Å²) >= 11 is 5.96. The van der Waals surface area contributed by atoms with Gasteiger partial charge >= 0.3 is 151 Å². The molecule has 0 bridgehead atoms. The average molecular weight is 395 g/mol. The third-order valence-electron chi connectivity index (χ3n) is 3.74. The van der Waals surface area contributed by atoms with Gasteiger partial charge in [-0.1, -0.05) is 0 Å². The van der Waals surface area contributed by atoms with Gasteiger partial charge in [0, 0.05) is 0 Å². The van der Waals surface area contributed by atoms with Gasteiger partial charge in [0.1, 0.15) is 0 Å². The Bertz CT molecular complexity index is 598. The van der Waals surface area contributed by atoms with Crippen molar-refractivity contribution in [2.75, 3.05) is 19.8 Å². The van der Waals surface area contributed by atoms with Crippen molar-refractivity contribution in [1.82, 2.24) is 0 Å². The summed E-state index contributed by atoms with van der Waals surface area (Å²) in [5.41, 5.74) is 0.866. The molecule has 0 radical (unpaired) electrons. The third kappa shape index (κ3) is 5.28. The summed E-state index contributed by atoms with van der Waals surface area (Å²) in [5.74, 6) is -0.325. The number of benzene rings is 1. The van der Waals surface area contributed by atoms with E-state index in [0.29, 0.717) is 24.0 Å².